The molecule has 5 rings (SSSR count). The van der Waals surface area contributed by atoms with Gasteiger partial charge < -0.3 is 18.7 Å². The molecule has 0 amide bonds. The van der Waals surface area contributed by atoms with Crippen molar-refractivity contribution in [3.05, 3.63) is 58.7 Å². The second-order valence-electron chi connectivity index (χ2n) is 6.94. The predicted octanol–water partition coefficient (Wildman–Crippen LogP) is 3.94. The minimum Gasteiger partial charge on any atom is -0.497 e. The number of hydrogen-bond acceptors (Lipinski definition) is 8. The van der Waals surface area contributed by atoms with E-state index >= 15 is 0 Å². The van der Waals surface area contributed by atoms with Crippen LogP contribution >= 0.6 is 11.6 Å². The van der Waals surface area contributed by atoms with E-state index in [0.717, 1.165) is 11.3 Å². The normalized spacial score (nSPS) is 15.5. The first-order valence-electron chi connectivity index (χ1n) is 9.51. The molecule has 0 spiro atoms. The van der Waals surface area contributed by atoms with Crippen LogP contribution in [0.1, 0.15) is 17.4 Å². The van der Waals surface area contributed by atoms with Crippen LogP contribution in [0, 0.1) is 0 Å². The average molecular weight is 440 g/mol. The van der Waals surface area contributed by atoms with Gasteiger partial charge in [0.05, 0.1) is 33.1 Å². The molecule has 0 unspecified atom stereocenters. The molecule has 1 aliphatic heterocycles. The quantitative estimate of drug-likeness (QED) is 0.461. The lowest BCUT2D eigenvalue weighted by Crippen LogP contribution is -2.22. The highest BCUT2D eigenvalue weighted by atomic mass is 35.5. The molecule has 0 fully saturated rings. The molecule has 1 aliphatic rings. The van der Waals surface area contributed by atoms with Crippen molar-refractivity contribution in [1.82, 2.24) is 25.1 Å². The number of methoxy groups -OCH3 is 2. The van der Waals surface area contributed by atoms with Crippen molar-refractivity contribution in [2.45, 2.75) is 19.3 Å². The Labute approximate surface area is 182 Å². The van der Waals surface area contributed by atoms with Gasteiger partial charge in [-0.3, -0.25) is 0 Å². The van der Waals surface area contributed by atoms with Gasteiger partial charge in [0.2, 0.25) is 5.82 Å². The molecule has 10 heteroatoms. The zero-order valence-corrected chi connectivity index (χ0v) is 17.5. The van der Waals surface area contributed by atoms with Gasteiger partial charge in [0.25, 0.3) is 5.89 Å². The number of hydrogen-bond donors (Lipinski definition) is 0. The lowest BCUT2D eigenvalue weighted by Gasteiger charge is -2.24. The molecule has 4 aromatic rings. The Kier molecular flexibility index (Phi) is 5.05. The van der Waals surface area contributed by atoms with Crippen LogP contribution in [0.15, 0.2) is 47.0 Å². The Morgan fingerprint density at radius 1 is 1.06 bits per heavy atom. The zero-order chi connectivity index (χ0) is 21.4. The maximum atomic E-state index is 6.04. The highest BCUT2D eigenvalue weighted by molar-refractivity contribution is 6.30. The summed E-state index contributed by atoms with van der Waals surface area (Å²) in [4.78, 5) is 4.49. The molecule has 158 valence electrons. The average Bonchev–Trinajstić information content (AvgIpc) is 3.46. The zero-order valence-electron chi connectivity index (χ0n) is 16.8. The van der Waals surface area contributed by atoms with Gasteiger partial charge in [-0.15, -0.1) is 5.10 Å². The second kappa shape index (κ2) is 8.01. The van der Waals surface area contributed by atoms with Gasteiger partial charge in [-0.1, -0.05) is 34.1 Å². The summed E-state index contributed by atoms with van der Waals surface area (Å²) in [6, 6.07) is 12.9. The summed E-state index contributed by atoms with van der Waals surface area (Å²) in [6.07, 6.45) is -0.135. The molecular formula is C21H18ClN5O4. The van der Waals surface area contributed by atoms with Crippen LogP contribution in [-0.2, 0) is 17.9 Å². The van der Waals surface area contributed by atoms with Gasteiger partial charge in [-0.05, 0) is 29.8 Å². The largest absolute Gasteiger partial charge is 0.497 e. The van der Waals surface area contributed by atoms with Crippen LogP contribution in [0.4, 0.5) is 0 Å². The molecule has 0 radical (unpaired) electrons. The van der Waals surface area contributed by atoms with E-state index in [9.17, 15) is 0 Å². The molecule has 9 nitrogen and oxygen atoms in total. The van der Waals surface area contributed by atoms with Gasteiger partial charge >= 0.3 is 0 Å². The number of rotatable bonds is 5. The number of aromatic nitrogens is 5. The van der Waals surface area contributed by atoms with E-state index in [0.29, 0.717) is 52.6 Å². The van der Waals surface area contributed by atoms with E-state index in [1.54, 1.807) is 32.4 Å². The van der Waals surface area contributed by atoms with Gasteiger partial charge in [0, 0.05) is 16.7 Å². The Balaban J connectivity index is 1.41. The van der Waals surface area contributed by atoms with Crippen molar-refractivity contribution in [3.8, 4) is 34.5 Å². The summed E-state index contributed by atoms with van der Waals surface area (Å²) in [7, 11) is 3.16. The third kappa shape index (κ3) is 3.73. The van der Waals surface area contributed by atoms with Crippen LogP contribution in [0.2, 0.25) is 5.02 Å². The van der Waals surface area contributed by atoms with Gasteiger partial charge in [-0.2, -0.15) is 4.98 Å². The Hall–Kier alpha value is -3.43. The minimum atomic E-state index is -0.135. The molecule has 0 N–H and O–H groups in total. The van der Waals surface area contributed by atoms with E-state index in [1.807, 2.05) is 28.9 Å². The summed E-state index contributed by atoms with van der Waals surface area (Å²) in [5.74, 6) is 1.91. The topological polar surface area (TPSA) is 97.3 Å². The van der Waals surface area contributed by atoms with E-state index in [2.05, 4.69) is 20.5 Å². The Bertz CT molecular complexity index is 1200. The van der Waals surface area contributed by atoms with Crippen molar-refractivity contribution in [1.29, 1.82) is 0 Å². The van der Waals surface area contributed by atoms with Crippen molar-refractivity contribution in [2.24, 2.45) is 0 Å². The Morgan fingerprint density at radius 2 is 1.81 bits per heavy atom. The number of fused-ring (bicyclic) bond motifs is 1. The first kappa shape index (κ1) is 19.5. The minimum absolute atomic E-state index is 0.135. The monoisotopic (exact) mass is 439 g/mol. The highest BCUT2D eigenvalue weighted by Crippen LogP contribution is 2.33. The van der Waals surface area contributed by atoms with E-state index < -0.39 is 0 Å². The van der Waals surface area contributed by atoms with Crippen molar-refractivity contribution in [2.75, 3.05) is 14.2 Å². The van der Waals surface area contributed by atoms with Gasteiger partial charge in [0.1, 0.15) is 17.6 Å². The molecule has 0 aliphatic carbocycles. The molecule has 1 atom stereocenters. The van der Waals surface area contributed by atoms with E-state index in [-0.39, 0.29) is 6.10 Å². The second-order valence-corrected chi connectivity index (χ2v) is 7.38. The molecule has 0 saturated heterocycles. The molecule has 2 aromatic carbocycles. The van der Waals surface area contributed by atoms with E-state index in [4.69, 9.17) is 30.3 Å². The molecule has 0 saturated carbocycles. The van der Waals surface area contributed by atoms with Crippen LogP contribution in [0.5, 0.6) is 11.5 Å². The molecule has 0 bridgehead atoms. The first-order chi connectivity index (χ1) is 15.1. The van der Waals surface area contributed by atoms with Crippen LogP contribution in [0.25, 0.3) is 23.0 Å². The smallest absolute Gasteiger partial charge is 0.258 e. The number of ether oxygens (including phenoxy) is 3. The van der Waals surface area contributed by atoms with Crippen molar-refractivity contribution < 1.29 is 18.7 Å². The molecular weight excluding hydrogens is 422 g/mol. The summed E-state index contributed by atoms with van der Waals surface area (Å²) < 4.78 is 23.9. The fraction of sp³-hybridized carbons (Fsp3) is 0.238. The molecule has 3 heterocycles. The van der Waals surface area contributed by atoms with E-state index in [1.165, 1.54) is 0 Å². The summed E-state index contributed by atoms with van der Waals surface area (Å²) in [5, 5.41) is 13.3. The number of nitrogens with zero attached hydrogens (tertiary/aromatic N) is 5. The van der Waals surface area contributed by atoms with Gasteiger partial charge in [0.15, 0.2) is 5.69 Å². The molecule has 2 aromatic heterocycles. The third-order valence-electron chi connectivity index (χ3n) is 5.08. The predicted molar refractivity (Wildman–Crippen MR) is 111 cm³/mol. The lowest BCUT2D eigenvalue weighted by atomic mass is 10.1. The van der Waals surface area contributed by atoms with Gasteiger partial charge in [-0.25, -0.2) is 4.68 Å². The van der Waals surface area contributed by atoms with Crippen LogP contribution in [0.3, 0.4) is 0 Å². The molecule has 31 heavy (non-hydrogen) atoms. The maximum Gasteiger partial charge on any atom is 0.258 e. The maximum absolute atomic E-state index is 6.04. The van der Waals surface area contributed by atoms with Crippen LogP contribution < -0.4 is 9.47 Å². The SMILES string of the molecule is COc1cc(OC)cc(-c2nc(-c3nnn4c3CO[C@H](c3ccc(Cl)cc3)C4)no2)c1. The van der Waals surface area contributed by atoms with Crippen LogP contribution in [-0.4, -0.2) is 39.4 Å². The standard InChI is InChI=1S/C21H18ClN5O4/c1-28-15-7-13(8-16(9-15)29-2)21-23-20(25-31-21)19-17-11-30-18(10-27(17)26-24-19)12-3-5-14(22)6-4-12/h3-9,18H,10-11H2,1-2H3/t18-/m0/s1. The first-order valence-corrected chi connectivity index (χ1v) is 9.89. The third-order valence-corrected chi connectivity index (χ3v) is 5.33. The summed E-state index contributed by atoms with van der Waals surface area (Å²) in [6.45, 7) is 0.855. The van der Waals surface area contributed by atoms with Crippen molar-refractivity contribution >= 4 is 11.6 Å². The fourth-order valence-corrected chi connectivity index (χ4v) is 3.56. The summed E-state index contributed by atoms with van der Waals surface area (Å²) in [5.41, 5.74) is 3.02. The number of benzene rings is 2. The van der Waals surface area contributed by atoms with Crippen molar-refractivity contribution in [3.63, 3.8) is 0 Å². The fourth-order valence-electron chi connectivity index (χ4n) is 3.43. The number of halogens is 1. The summed E-state index contributed by atoms with van der Waals surface area (Å²) >= 11 is 5.98. The highest BCUT2D eigenvalue weighted by Gasteiger charge is 2.27. The lowest BCUT2D eigenvalue weighted by molar-refractivity contribution is -0.00112. The Morgan fingerprint density at radius 3 is 2.52 bits per heavy atom.